The summed E-state index contributed by atoms with van der Waals surface area (Å²) < 4.78 is 9.11. The predicted molar refractivity (Wildman–Crippen MR) is 224 cm³/mol. The van der Waals surface area contributed by atoms with Crippen LogP contribution in [-0.2, 0) is 29.3 Å². The van der Waals surface area contributed by atoms with E-state index in [9.17, 15) is 9.59 Å². The van der Waals surface area contributed by atoms with E-state index in [1.165, 1.54) is 44.6 Å². The third kappa shape index (κ3) is 215. The van der Waals surface area contributed by atoms with Crippen LogP contribution in [0.15, 0.2) is 23.8 Å². The predicted octanol–water partition coefficient (Wildman–Crippen LogP) is 10.3. The zero-order valence-electron chi connectivity index (χ0n) is 38.2. The first-order chi connectivity index (χ1) is 19.2. The summed E-state index contributed by atoms with van der Waals surface area (Å²) in [6.07, 6.45) is 11.4. The van der Waals surface area contributed by atoms with Crippen molar-refractivity contribution in [3.05, 3.63) is 23.8 Å². The van der Waals surface area contributed by atoms with Gasteiger partial charge in [-0.3, -0.25) is 9.59 Å². The Balaban J connectivity index is -0.0000000145. The van der Waals surface area contributed by atoms with Gasteiger partial charge < -0.3 is 33.4 Å². The van der Waals surface area contributed by atoms with Gasteiger partial charge >= 0.3 is 75.1 Å². The molecule has 2 fully saturated rings. The van der Waals surface area contributed by atoms with Gasteiger partial charge in [-0.1, -0.05) is 97.4 Å². The fourth-order valence-electron chi connectivity index (χ4n) is 1.16. The molecule has 0 aromatic carbocycles. The van der Waals surface area contributed by atoms with Crippen molar-refractivity contribution in [1.29, 1.82) is 0 Å². The van der Waals surface area contributed by atoms with Gasteiger partial charge in [-0.05, 0) is 47.5 Å². The molecule has 1 aliphatic heterocycles. The number of halogens is 3. The summed E-state index contributed by atoms with van der Waals surface area (Å²) in [6, 6.07) is 0. The van der Waals surface area contributed by atoms with Crippen LogP contribution in [0.25, 0.3) is 0 Å². The van der Waals surface area contributed by atoms with Crippen molar-refractivity contribution in [3.8, 4) is 0 Å². The minimum Gasteiger partial charge on any atom is -1.00 e. The van der Waals surface area contributed by atoms with E-state index in [-0.39, 0.29) is 119 Å². The van der Waals surface area contributed by atoms with Crippen LogP contribution in [0.1, 0.15) is 151 Å². The molecule has 2 rings (SSSR count). The number of epoxide rings is 1. The zero-order chi connectivity index (χ0) is 34.1. The number of Topliss-reactive ketones (excluding diaryl/α,β-unsaturated/α-hetero) is 1. The summed E-state index contributed by atoms with van der Waals surface area (Å²) in [6.45, 7) is 30.1. The molecule has 0 bridgehead atoms. The van der Waals surface area contributed by atoms with Crippen LogP contribution in [0.4, 0.5) is 0 Å². The van der Waals surface area contributed by atoms with Gasteiger partial charge in [0.2, 0.25) is 0 Å². The number of carboxylic acid groups (broad SMARTS) is 1. The number of rotatable bonds is 7. The van der Waals surface area contributed by atoms with Gasteiger partial charge in [-0.15, -0.1) is 40.2 Å². The summed E-state index contributed by atoms with van der Waals surface area (Å²) in [5, 5.41) is 7.42. The van der Waals surface area contributed by atoms with Crippen LogP contribution in [0, 0.1) is 0 Å². The minimum atomic E-state index is -0.833. The van der Waals surface area contributed by atoms with Gasteiger partial charge in [0, 0.05) is 33.5 Å². The molecule has 1 aliphatic carbocycles. The SMILES string of the molecule is Br.C1CC1.C1CO1.C=C(CCCl)/C(C)=C/C.CC.CC(=O)CCCCl.CC(=O)O.CC(=O)OC(C)C.CCC.CCC.[H-].[H-].[H-].[H-].[H-].[H-].[HH].[Mg+2].[Mg+2].[Mg+2].[OH3+]. The van der Waals surface area contributed by atoms with Crippen molar-refractivity contribution >= 4 is 127 Å². The Morgan fingerprint density at radius 1 is 0.891 bits per heavy atom. The third-order valence-corrected chi connectivity index (χ3v) is 3.47. The number of hydrogen-bond donors (Lipinski definition) is 1. The van der Waals surface area contributed by atoms with Crippen LogP contribution in [0.3, 0.4) is 0 Å². The Hall–Kier alpha value is 1.37. The largest absolute Gasteiger partial charge is 2.00 e. The number of carboxylic acids is 1. The topological polar surface area (TPSA) is 126 Å². The van der Waals surface area contributed by atoms with Gasteiger partial charge in [0.05, 0.1) is 19.3 Å². The molecule has 7 nitrogen and oxygen atoms in total. The molecule has 0 radical (unpaired) electrons. The molecule has 0 aromatic heterocycles. The Morgan fingerprint density at radius 3 is 1.28 bits per heavy atom. The summed E-state index contributed by atoms with van der Waals surface area (Å²) in [4.78, 5) is 29.2. The van der Waals surface area contributed by atoms with Crippen LogP contribution < -0.4 is 0 Å². The van der Waals surface area contributed by atoms with Crippen molar-refractivity contribution in [1.82, 2.24) is 0 Å². The molecule has 13 heteroatoms. The van der Waals surface area contributed by atoms with E-state index < -0.39 is 5.97 Å². The second-order valence-electron chi connectivity index (χ2n) is 8.77. The molecule has 0 unspecified atom stereocenters. The normalized spacial score (nSPS) is 9.61. The molecular weight excluding hydrogens is 732 g/mol. The Morgan fingerprint density at radius 2 is 1.20 bits per heavy atom. The average Bonchev–Trinajstić information content (AvgIpc) is 3.76. The number of ether oxygens (including phenoxy) is 2. The van der Waals surface area contributed by atoms with Crippen molar-refractivity contribution in [2.24, 2.45) is 0 Å². The molecule has 1 saturated heterocycles. The van der Waals surface area contributed by atoms with Gasteiger partial charge in [0.15, 0.2) is 0 Å². The molecular formula is C33H80BrCl2Mg3O7+. The maximum Gasteiger partial charge on any atom is 2.00 e. The Labute approximate surface area is 364 Å². The van der Waals surface area contributed by atoms with Gasteiger partial charge in [-0.25, -0.2) is 0 Å². The van der Waals surface area contributed by atoms with Crippen molar-refractivity contribution in [2.75, 3.05) is 25.0 Å². The first-order valence-electron chi connectivity index (χ1n) is 15.0. The van der Waals surface area contributed by atoms with Crippen LogP contribution in [-0.4, -0.2) is 123 Å². The summed E-state index contributed by atoms with van der Waals surface area (Å²) in [5.74, 6) is 0.444. The quantitative estimate of drug-likeness (QED) is 0.0681. The Bertz CT molecular complexity index is 596. The standard InChI is InChI=1S/C8H13Cl.C5H9ClO.C5H10O2.C3H6.2C3H8.C2H4O2.C2H4O.C2H6.BrH.3Mg.H2O.H2.6H/c1-4-7(2)8(3)5-6-9;1-5(7)3-2-4-6;1-4(2)7-5(3)6;1-2-3-1;2*1-3-2;1-2(3)4;1-2-3-1;1-2;;;;;;;;;;;;/h4H,3,5-6H2,1-2H3;2-4H2,1H3;4H,1-3H3;1-3H2;2*3H2,1-2H3;1H3,(H,3,4);1-2H2;1-2H3;1H;;;;1H2;1H;;;;;;/q;;;;;;;;;;3*+2;;;6*-1/p+1/b7-4+;;;;;;;;;;;;;;;;;;;;. The van der Waals surface area contributed by atoms with E-state index in [0.717, 1.165) is 38.6 Å². The van der Waals surface area contributed by atoms with Crippen molar-refractivity contribution < 1.29 is 44.4 Å². The number of carbonyl (C=O) groups is 3. The zero-order valence-corrected chi connectivity index (χ0v) is 39.7. The van der Waals surface area contributed by atoms with E-state index in [2.05, 4.69) is 56.7 Å². The molecule has 0 spiro atoms. The first-order valence-corrected chi connectivity index (χ1v) is 16.1. The summed E-state index contributed by atoms with van der Waals surface area (Å²) >= 11 is 10.8. The van der Waals surface area contributed by atoms with E-state index in [0.29, 0.717) is 18.2 Å². The number of hydrogen-bond acceptors (Lipinski definition) is 5. The number of aliphatic carboxylic acids is 1. The smallest absolute Gasteiger partial charge is 1.00 e. The van der Waals surface area contributed by atoms with E-state index in [1.54, 1.807) is 6.92 Å². The first kappa shape index (κ1) is 81.4. The second-order valence-corrected chi connectivity index (χ2v) is 9.53. The molecule has 4 N–H and O–H groups in total. The van der Waals surface area contributed by atoms with Crippen LogP contribution >= 0.6 is 40.2 Å². The van der Waals surface area contributed by atoms with Crippen LogP contribution in [0.2, 0.25) is 0 Å². The molecule has 1 saturated carbocycles. The third-order valence-electron chi connectivity index (χ3n) is 3.01. The Kier molecular flexibility index (Phi) is 143. The minimum absolute atomic E-state index is 0. The number of carbonyl (C=O) groups excluding carboxylic acids is 2. The van der Waals surface area contributed by atoms with Gasteiger partial charge in [-0.2, -0.15) is 0 Å². The molecule has 2 aliphatic rings. The number of allylic oxidation sites excluding steroid dienone is 3. The van der Waals surface area contributed by atoms with E-state index in [4.69, 9.17) is 33.1 Å². The monoisotopic (exact) mass is 809 g/mol. The number of alkyl halides is 2. The van der Waals surface area contributed by atoms with Gasteiger partial charge in [0.25, 0.3) is 5.97 Å². The van der Waals surface area contributed by atoms with E-state index >= 15 is 0 Å². The van der Waals surface area contributed by atoms with Crippen LogP contribution in [0.5, 0.6) is 0 Å². The fraction of sp³-hybridized carbons (Fsp3) is 0.788. The fourth-order valence-corrected chi connectivity index (χ4v) is 1.52. The van der Waals surface area contributed by atoms with Gasteiger partial charge in [0.1, 0.15) is 5.78 Å². The average molecular weight is 813 g/mol. The van der Waals surface area contributed by atoms with Crippen molar-refractivity contribution in [3.63, 3.8) is 0 Å². The maximum atomic E-state index is 10.1. The molecule has 0 atom stereocenters. The molecule has 1 heterocycles. The van der Waals surface area contributed by atoms with E-state index in [1.807, 2.05) is 34.6 Å². The molecule has 0 aromatic rings. The summed E-state index contributed by atoms with van der Waals surface area (Å²) in [5.41, 5.74) is 2.39. The number of ketones is 1. The molecule has 46 heavy (non-hydrogen) atoms. The molecule has 280 valence electrons. The maximum absolute atomic E-state index is 10.1. The van der Waals surface area contributed by atoms with Crippen molar-refractivity contribution in [2.45, 2.75) is 147 Å². The summed E-state index contributed by atoms with van der Waals surface area (Å²) in [7, 11) is 0. The number of esters is 1. The molecule has 0 amide bonds. The second kappa shape index (κ2) is 80.8.